The van der Waals surface area contributed by atoms with Crippen molar-refractivity contribution >= 4 is 15.9 Å². The zero-order chi connectivity index (χ0) is 21.9. The normalized spacial score (nSPS) is 22.5. The van der Waals surface area contributed by atoms with Crippen molar-refractivity contribution in [3.05, 3.63) is 59.7 Å². The van der Waals surface area contributed by atoms with E-state index in [-0.39, 0.29) is 17.5 Å². The molecule has 0 bridgehead atoms. The summed E-state index contributed by atoms with van der Waals surface area (Å²) < 4.78 is 33.4. The lowest BCUT2D eigenvalue weighted by Gasteiger charge is -2.41. The number of carbonyl (C=O) groups is 1. The van der Waals surface area contributed by atoms with Gasteiger partial charge in [-0.25, -0.2) is 13.9 Å². The van der Waals surface area contributed by atoms with Crippen LogP contribution in [0.4, 0.5) is 0 Å². The first-order chi connectivity index (χ1) is 14.2. The van der Waals surface area contributed by atoms with Gasteiger partial charge in [0.2, 0.25) is 10.0 Å². The van der Waals surface area contributed by atoms with Crippen LogP contribution in [-0.2, 0) is 21.4 Å². The molecule has 2 aromatic carbocycles. The van der Waals surface area contributed by atoms with Gasteiger partial charge < -0.3 is 10.1 Å². The zero-order valence-electron chi connectivity index (χ0n) is 17.2. The van der Waals surface area contributed by atoms with Gasteiger partial charge in [-0.1, -0.05) is 24.3 Å². The molecule has 9 heteroatoms. The third-order valence-corrected chi connectivity index (χ3v) is 7.11. The van der Waals surface area contributed by atoms with E-state index in [1.165, 1.54) is 12.1 Å². The summed E-state index contributed by atoms with van der Waals surface area (Å²) in [5.41, 5.74) is 3.74. The molecule has 3 atom stereocenters. The predicted octanol–water partition coefficient (Wildman–Crippen LogP) is 1.82. The Morgan fingerprint density at radius 1 is 1.20 bits per heavy atom. The van der Waals surface area contributed by atoms with Gasteiger partial charge in [-0.3, -0.25) is 10.0 Å². The SMILES string of the molecule is Cc1ccccc1COc1ccc(S(=O)(=O)N2CC(C)NC(C)C2C(=O)NO)cc1. The monoisotopic (exact) mass is 433 g/mol. The third-order valence-electron chi connectivity index (χ3n) is 5.25. The molecule has 3 rings (SSSR count). The van der Waals surface area contributed by atoms with Crippen LogP contribution in [0.3, 0.4) is 0 Å². The molecule has 1 fully saturated rings. The van der Waals surface area contributed by atoms with Gasteiger partial charge in [0.25, 0.3) is 5.91 Å². The van der Waals surface area contributed by atoms with Crippen LogP contribution in [0.2, 0.25) is 0 Å². The number of hydroxylamine groups is 1. The first-order valence-electron chi connectivity index (χ1n) is 9.73. The van der Waals surface area contributed by atoms with Gasteiger partial charge in [-0.05, 0) is 56.2 Å². The number of hydrogen-bond donors (Lipinski definition) is 3. The third kappa shape index (κ3) is 4.65. The van der Waals surface area contributed by atoms with Gasteiger partial charge in [-0.2, -0.15) is 4.31 Å². The number of aryl methyl sites for hydroxylation is 1. The molecule has 1 aliphatic heterocycles. The maximum atomic E-state index is 13.2. The van der Waals surface area contributed by atoms with Crippen molar-refractivity contribution in [2.45, 2.75) is 50.4 Å². The summed E-state index contributed by atoms with van der Waals surface area (Å²) in [7, 11) is -3.96. The number of nitrogens with one attached hydrogen (secondary N) is 2. The van der Waals surface area contributed by atoms with E-state index in [4.69, 9.17) is 9.94 Å². The van der Waals surface area contributed by atoms with E-state index >= 15 is 0 Å². The number of hydrogen-bond acceptors (Lipinski definition) is 6. The molecular formula is C21H27N3O5S. The first-order valence-corrected chi connectivity index (χ1v) is 11.2. The highest BCUT2D eigenvalue weighted by atomic mass is 32.2. The number of ether oxygens (including phenoxy) is 1. The Kier molecular flexibility index (Phi) is 6.77. The molecule has 0 saturated carbocycles. The molecule has 2 aromatic rings. The van der Waals surface area contributed by atoms with Gasteiger partial charge in [0.05, 0.1) is 4.90 Å². The van der Waals surface area contributed by atoms with Crippen LogP contribution >= 0.6 is 0 Å². The number of sulfonamides is 1. The fourth-order valence-corrected chi connectivity index (χ4v) is 5.42. The van der Waals surface area contributed by atoms with Crippen LogP contribution < -0.4 is 15.5 Å². The van der Waals surface area contributed by atoms with Crippen LogP contribution in [-0.4, -0.2) is 48.5 Å². The molecule has 0 spiro atoms. The topological polar surface area (TPSA) is 108 Å². The van der Waals surface area contributed by atoms with Crippen molar-refractivity contribution in [1.82, 2.24) is 15.1 Å². The van der Waals surface area contributed by atoms with Crippen LogP contribution in [0.1, 0.15) is 25.0 Å². The molecule has 8 nitrogen and oxygen atoms in total. The molecule has 3 N–H and O–H groups in total. The minimum Gasteiger partial charge on any atom is -0.489 e. The second-order valence-electron chi connectivity index (χ2n) is 7.54. The van der Waals surface area contributed by atoms with E-state index < -0.39 is 28.0 Å². The second-order valence-corrected chi connectivity index (χ2v) is 9.43. The summed E-state index contributed by atoms with van der Waals surface area (Å²) in [4.78, 5) is 12.2. The number of piperazine rings is 1. The lowest BCUT2D eigenvalue weighted by Crippen LogP contribution is -2.66. The van der Waals surface area contributed by atoms with E-state index in [2.05, 4.69) is 5.32 Å². The minimum absolute atomic E-state index is 0.0581. The molecular weight excluding hydrogens is 406 g/mol. The highest BCUT2D eigenvalue weighted by Crippen LogP contribution is 2.25. The van der Waals surface area contributed by atoms with Gasteiger partial charge >= 0.3 is 0 Å². The van der Waals surface area contributed by atoms with Gasteiger partial charge in [0.15, 0.2) is 0 Å². The lowest BCUT2D eigenvalue weighted by molar-refractivity contribution is -0.135. The molecule has 1 aliphatic rings. The largest absolute Gasteiger partial charge is 0.489 e. The number of nitrogens with zero attached hydrogens (tertiary/aromatic N) is 1. The molecule has 0 aliphatic carbocycles. The lowest BCUT2D eigenvalue weighted by atomic mass is 10.0. The van der Waals surface area contributed by atoms with E-state index in [1.54, 1.807) is 24.5 Å². The molecule has 3 unspecified atom stereocenters. The summed E-state index contributed by atoms with van der Waals surface area (Å²) in [6.45, 7) is 6.04. The van der Waals surface area contributed by atoms with Gasteiger partial charge in [-0.15, -0.1) is 0 Å². The van der Waals surface area contributed by atoms with E-state index in [0.717, 1.165) is 15.4 Å². The highest BCUT2D eigenvalue weighted by molar-refractivity contribution is 7.89. The molecule has 162 valence electrons. The Labute approximate surface area is 176 Å². The van der Waals surface area contributed by atoms with E-state index in [0.29, 0.717) is 12.4 Å². The van der Waals surface area contributed by atoms with E-state index in [1.807, 2.05) is 38.1 Å². The average molecular weight is 434 g/mol. The van der Waals surface area contributed by atoms with Crippen LogP contribution in [0.5, 0.6) is 5.75 Å². The smallest absolute Gasteiger partial charge is 0.263 e. The molecule has 1 amide bonds. The highest BCUT2D eigenvalue weighted by Gasteiger charge is 2.43. The quantitative estimate of drug-likeness (QED) is 0.474. The van der Waals surface area contributed by atoms with Crippen molar-refractivity contribution in [3.8, 4) is 5.75 Å². The Balaban J connectivity index is 1.79. The Morgan fingerprint density at radius 2 is 1.87 bits per heavy atom. The average Bonchev–Trinajstić information content (AvgIpc) is 2.72. The van der Waals surface area contributed by atoms with Gasteiger partial charge in [0, 0.05) is 18.6 Å². The maximum Gasteiger partial charge on any atom is 0.263 e. The second kappa shape index (κ2) is 9.13. The number of benzene rings is 2. The van der Waals surface area contributed by atoms with Crippen LogP contribution in [0.25, 0.3) is 0 Å². The summed E-state index contributed by atoms with van der Waals surface area (Å²) >= 11 is 0. The number of amides is 1. The molecule has 30 heavy (non-hydrogen) atoms. The number of carbonyl (C=O) groups excluding carboxylic acids is 1. The Hall–Kier alpha value is -2.46. The van der Waals surface area contributed by atoms with Crippen LogP contribution in [0.15, 0.2) is 53.4 Å². The fourth-order valence-electron chi connectivity index (χ4n) is 3.67. The summed E-state index contributed by atoms with van der Waals surface area (Å²) in [6.07, 6.45) is 0. The summed E-state index contributed by atoms with van der Waals surface area (Å²) in [5, 5.41) is 12.2. The van der Waals surface area contributed by atoms with Crippen molar-refractivity contribution in [3.63, 3.8) is 0 Å². The maximum absolute atomic E-state index is 13.2. The number of rotatable bonds is 6. The first kappa shape index (κ1) is 22.2. The van der Waals surface area contributed by atoms with Crippen LogP contribution in [0, 0.1) is 6.92 Å². The minimum atomic E-state index is -3.96. The Morgan fingerprint density at radius 3 is 2.50 bits per heavy atom. The summed E-state index contributed by atoms with van der Waals surface area (Å²) in [6, 6.07) is 12.3. The predicted molar refractivity (Wildman–Crippen MR) is 112 cm³/mol. The Bertz CT molecular complexity index is 994. The summed E-state index contributed by atoms with van der Waals surface area (Å²) in [5.74, 6) is -0.229. The molecule has 1 heterocycles. The molecule has 0 aromatic heterocycles. The standard InChI is InChI=1S/C21H27N3O5S/c1-14-6-4-5-7-17(14)13-29-18-8-10-19(11-9-18)30(27,28)24-12-15(2)22-16(3)20(24)21(25)23-26/h4-11,15-16,20,22,26H,12-13H2,1-3H3,(H,23,25). The van der Waals surface area contributed by atoms with Crippen molar-refractivity contribution in [2.24, 2.45) is 0 Å². The zero-order valence-corrected chi connectivity index (χ0v) is 18.0. The molecule has 0 radical (unpaired) electrons. The van der Waals surface area contributed by atoms with Gasteiger partial charge in [0.1, 0.15) is 18.4 Å². The van der Waals surface area contributed by atoms with Crippen molar-refractivity contribution in [2.75, 3.05) is 6.54 Å². The fraction of sp³-hybridized carbons (Fsp3) is 0.381. The molecule has 1 saturated heterocycles. The van der Waals surface area contributed by atoms with E-state index in [9.17, 15) is 13.2 Å². The van der Waals surface area contributed by atoms with Crippen molar-refractivity contribution in [1.29, 1.82) is 0 Å². The van der Waals surface area contributed by atoms with Crippen molar-refractivity contribution < 1.29 is 23.2 Å².